The van der Waals surface area contributed by atoms with Gasteiger partial charge >= 0.3 is 5.97 Å². The van der Waals surface area contributed by atoms with E-state index in [4.69, 9.17) is 5.11 Å². The zero-order valence-electron chi connectivity index (χ0n) is 10.1. The van der Waals surface area contributed by atoms with E-state index in [0.29, 0.717) is 19.3 Å². The molecule has 102 valence electrons. The predicted molar refractivity (Wildman–Crippen MR) is 64.3 cm³/mol. The average molecular weight is 267 g/mol. The summed E-state index contributed by atoms with van der Waals surface area (Å²) in [7, 11) is 0. The number of phenolic OH excluding ortho intramolecular Hbond substituents is 1. The molecule has 6 heteroatoms. The Bertz CT molecular complexity index is 497. The number of aromatic hydroxyl groups is 1. The number of carbonyl (C=O) groups is 2. The van der Waals surface area contributed by atoms with Crippen LogP contribution in [-0.2, 0) is 4.79 Å². The lowest BCUT2D eigenvalue weighted by molar-refractivity contribution is -0.141. The number of halogens is 1. The van der Waals surface area contributed by atoms with E-state index < -0.39 is 34.9 Å². The maximum atomic E-state index is 13.5. The van der Waals surface area contributed by atoms with E-state index in [1.807, 2.05) is 0 Å². The van der Waals surface area contributed by atoms with Crippen LogP contribution in [0.25, 0.3) is 0 Å². The molecule has 0 saturated heterocycles. The molecule has 1 aromatic rings. The van der Waals surface area contributed by atoms with E-state index in [2.05, 4.69) is 5.32 Å². The minimum absolute atomic E-state index is 0.299. The van der Waals surface area contributed by atoms with Gasteiger partial charge in [-0.2, -0.15) is 0 Å². The molecule has 0 aromatic heterocycles. The zero-order chi connectivity index (χ0) is 14.0. The molecule has 5 nitrogen and oxygen atoms in total. The van der Waals surface area contributed by atoms with Crippen molar-refractivity contribution in [2.24, 2.45) is 5.92 Å². The Morgan fingerprint density at radius 1 is 1.32 bits per heavy atom. The summed E-state index contributed by atoms with van der Waals surface area (Å²) in [5.74, 6) is -3.30. The quantitative estimate of drug-likeness (QED) is 0.774. The highest BCUT2D eigenvalue weighted by atomic mass is 19.1. The van der Waals surface area contributed by atoms with Gasteiger partial charge in [-0.25, -0.2) is 4.39 Å². The normalized spacial score (nSPS) is 22.2. The third-order valence-corrected chi connectivity index (χ3v) is 3.34. The molecule has 1 saturated carbocycles. The van der Waals surface area contributed by atoms with Crippen molar-refractivity contribution >= 4 is 11.9 Å². The molecule has 2 rings (SSSR count). The summed E-state index contributed by atoms with van der Waals surface area (Å²) in [5.41, 5.74) is -0.402. The Hall–Kier alpha value is -2.11. The zero-order valence-corrected chi connectivity index (χ0v) is 10.1. The summed E-state index contributed by atoms with van der Waals surface area (Å²) in [6.45, 7) is 0. The molecule has 0 radical (unpaired) electrons. The van der Waals surface area contributed by atoms with Crippen molar-refractivity contribution in [3.8, 4) is 5.75 Å². The second-order valence-electron chi connectivity index (χ2n) is 4.65. The first-order chi connectivity index (χ1) is 8.99. The van der Waals surface area contributed by atoms with Crippen molar-refractivity contribution in [3.63, 3.8) is 0 Å². The number of carboxylic acid groups (broad SMARTS) is 1. The van der Waals surface area contributed by atoms with Gasteiger partial charge in [0, 0.05) is 6.04 Å². The second-order valence-corrected chi connectivity index (χ2v) is 4.65. The summed E-state index contributed by atoms with van der Waals surface area (Å²) in [5, 5.41) is 20.9. The Morgan fingerprint density at radius 3 is 2.63 bits per heavy atom. The van der Waals surface area contributed by atoms with Gasteiger partial charge in [0.1, 0.15) is 17.1 Å². The Balaban J connectivity index is 2.05. The average Bonchev–Trinajstić information content (AvgIpc) is 2.77. The first-order valence-corrected chi connectivity index (χ1v) is 6.00. The van der Waals surface area contributed by atoms with Crippen LogP contribution in [0.3, 0.4) is 0 Å². The van der Waals surface area contributed by atoms with Crippen LogP contribution in [0.5, 0.6) is 5.75 Å². The highest BCUT2D eigenvalue weighted by Crippen LogP contribution is 2.27. The summed E-state index contributed by atoms with van der Waals surface area (Å²) < 4.78 is 13.5. The number of phenols is 1. The van der Waals surface area contributed by atoms with Crippen LogP contribution in [-0.4, -0.2) is 28.1 Å². The molecule has 19 heavy (non-hydrogen) atoms. The number of rotatable bonds is 3. The molecule has 0 bridgehead atoms. The molecular formula is C13H14FNO4. The van der Waals surface area contributed by atoms with Gasteiger partial charge in [-0.3, -0.25) is 9.59 Å². The van der Waals surface area contributed by atoms with E-state index in [-0.39, 0.29) is 6.04 Å². The predicted octanol–water partition coefficient (Wildman–Crippen LogP) is 1.51. The maximum Gasteiger partial charge on any atom is 0.306 e. The molecule has 3 N–H and O–H groups in total. The fourth-order valence-electron chi connectivity index (χ4n) is 2.33. The molecule has 1 amide bonds. The SMILES string of the molecule is O=C(N[C@H]1CC[C@@H](C(=O)O)C1)c1c(O)cccc1F. The van der Waals surface area contributed by atoms with Crippen LogP contribution in [0.4, 0.5) is 4.39 Å². The van der Waals surface area contributed by atoms with Gasteiger partial charge in [0.2, 0.25) is 0 Å². The van der Waals surface area contributed by atoms with Crippen molar-refractivity contribution in [1.29, 1.82) is 0 Å². The van der Waals surface area contributed by atoms with Crippen molar-refractivity contribution in [2.75, 3.05) is 0 Å². The van der Waals surface area contributed by atoms with Crippen molar-refractivity contribution in [1.82, 2.24) is 5.32 Å². The number of hydrogen-bond acceptors (Lipinski definition) is 3. The third kappa shape index (κ3) is 2.83. The minimum atomic E-state index is -0.884. The van der Waals surface area contributed by atoms with Gasteiger partial charge in [0.25, 0.3) is 5.91 Å². The number of nitrogens with one attached hydrogen (secondary N) is 1. The van der Waals surface area contributed by atoms with Crippen molar-refractivity contribution < 1.29 is 24.2 Å². The highest BCUT2D eigenvalue weighted by molar-refractivity contribution is 5.97. The second kappa shape index (κ2) is 5.26. The van der Waals surface area contributed by atoms with Gasteiger partial charge in [-0.1, -0.05) is 6.07 Å². The topological polar surface area (TPSA) is 86.6 Å². The van der Waals surface area contributed by atoms with Crippen LogP contribution in [0.1, 0.15) is 29.6 Å². The lowest BCUT2D eigenvalue weighted by Gasteiger charge is -2.13. The Kier molecular flexibility index (Phi) is 3.69. The fraction of sp³-hybridized carbons (Fsp3) is 0.385. The Morgan fingerprint density at radius 2 is 2.05 bits per heavy atom. The van der Waals surface area contributed by atoms with E-state index in [0.717, 1.165) is 6.07 Å². The summed E-state index contributed by atoms with van der Waals surface area (Å²) in [6.07, 6.45) is 1.36. The lowest BCUT2D eigenvalue weighted by Crippen LogP contribution is -2.33. The van der Waals surface area contributed by atoms with Crippen LogP contribution < -0.4 is 5.32 Å². The number of hydrogen-bond donors (Lipinski definition) is 3. The lowest BCUT2D eigenvalue weighted by atomic mass is 10.1. The smallest absolute Gasteiger partial charge is 0.306 e. The number of carboxylic acids is 1. The molecule has 1 aromatic carbocycles. The van der Waals surface area contributed by atoms with Crippen molar-refractivity contribution in [3.05, 3.63) is 29.6 Å². The summed E-state index contributed by atoms with van der Waals surface area (Å²) >= 11 is 0. The Labute approximate surface area is 109 Å². The minimum Gasteiger partial charge on any atom is -0.507 e. The first kappa shape index (κ1) is 13.3. The van der Waals surface area contributed by atoms with Gasteiger partial charge in [0.15, 0.2) is 0 Å². The van der Waals surface area contributed by atoms with Gasteiger partial charge < -0.3 is 15.5 Å². The maximum absolute atomic E-state index is 13.5. The van der Waals surface area contributed by atoms with E-state index in [1.54, 1.807) is 0 Å². The van der Waals surface area contributed by atoms with Crippen LogP contribution in [0.15, 0.2) is 18.2 Å². The molecule has 1 aliphatic rings. The molecule has 0 spiro atoms. The van der Waals surface area contributed by atoms with Crippen LogP contribution in [0, 0.1) is 11.7 Å². The molecule has 0 unspecified atom stereocenters. The summed E-state index contributed by atoms with van der Waals surface area (Å²) in [6, 6.07) is 3.32. The van der Waals surface area contributed by atoms with E-state index in [1.165, 1.54) is 12.1 Å². The number of amides is 1. The molecule has 0 heterocycles. The molecule has 1 fully saturated rings. The van der Waals surface area contributed by atoms with E-state index in [9.17, 15) is 19.1 Å². The number of aliphatic carboxylic acids is 1. The standard InChI is InChI=1S/C13H14FNO4/c14-9-2-1-3-10(16)11(9)12(17)15-8-5-4-7(6-8)13(18)19/h1-3,7-8,16H,4-6H2,(H,15,17)(H,18,19)/t7-,8+/m1/s1. The molecule has 1 aliphatic carbocycles. The summed E-state index contributed by atoms with van der Waals surface area (Å²) in [4.78, 5) is 22.7. The van der Waals surface area contributed by atoms with Gasteiger partial charge in [0.05, 0.1) is 5.92 Å². The van der Waals surface area contributed by atoms with Crippen LogP contribution >= 0.6 is 0 Å². The van der Waals surface area contributed by atoms with Gasteiger partial charge in [-0.15, -0.1) is 0 Å². The van der Waals surface area contributed by atoms with Gasteiger partial charge in [-0.05, 0) is 31.4 Å². The molecule has 2 atom stereocenters. The largest absolute Gasteiger partial charge is 0.507 e. The number of benzene rings is 1. The first-order valence-electron chi connectivity index (χ1n) is 6.00. The van der Waals surface area contributed by atoms with E-state index >= 15 is 0 Å². The fourth-order valence-corrected chi connectivity index (χ4v) is 2.33. The molecule has 0 aliphatic heterocycles. The van der Waals surface area contributed by atoms with Crippen molar-refractivity contribution in [2.45, 2.75) is 25.3 Å². The highest BCUT2D eigenvalue weighted by Gasteiger charge is 2.31. The number of carbonyl (C=O) groups excluding carboxylic acids is 1. The molecular weight excluding hydrogens is 253 g/mol. The third-order valence-electron chi connectivity index (χ3n) is 3.34. The monoisotopic (exact) mass is 267 g/mol. The van der Waals surface area contributed by atoms with Crippen LogP contribution in [0.2, 0.25) is 0 Å².